The van der Waals surface area contributed by atoms with Gasteiger partial charge in [-0.3, -0.25) is 9.59 Å². The van der Waals surface area contributed by atoms with Gasteiger partial charge in [0.15, 0.2) is 0 Å². The second-order valence-electron chi connectivity index (χ2n) is 3.30. The molecular formula is C12H13ClN2O3. The molecule has 6 heteroatoms. The number of ether oxygens (including phenoxy) is 1. The van der Waals surface area contributed by atoms with Crippen LogP contribution in [0, 0.1) is 0 Å². The Hall–Kier alpha value is -2.01. The molecule has 0 spiro atoms. The zero-order valence-electron chi connectivity index (χ0n) is 9.83. The predicted molar refractivity (Wildman–Crippen MR) is 69.8 cm³/mol. The summed E-state index contributed by atoms with van der Waals surface area (Å²) >= 11 is 5.80. The fourth-order valence-electron chi connectivity index (χ4n) is 1.20. The number of methoxy groups -OCH3 is 1. The number of halogens is 1. The van der Waals surface area contributed by atoms with Crippen LogP contribution in [-0.2, 0) is 9.59 Å². The summed E-state index contributed by atoms with van der Waals surface area (Å²) < 4.78 is 5.04. The van der Waals surface area contributed by atoms with E-state index in [-0.39, 0.29) is 6.54 Å². The highest BCUT2D eigenvalue weighted by Crippen LogP contribution is 2.27. The maximum atomic E-state index is 11.5. The number of carbonyl (C=O) groups is 2. The second kappa shape index (κ2) is 6.66. The van der Waals surface area contributed by atoms with Crippen LogP contribution in [0.3, 0.4) is 0 Å². The summed E-state index contributed by atoms with van der Waals surface area (Å²) in [6.07, 6.45) is 1.48. The first kappa shape index (κ1) is 14.1. The fourth-order valence-corrected chi connectivity index (χ4v) is 1.37. The third kappa shape index (κ3) is 3.78. The lowest BCUT2D eigenvalue weighted by Crippen LogP contribution is -2.35. The smallest absolute Gasteiger partial charge is 0.313 e. The van der Waals surface area contributed by atoms with Gasteiger partial charge in [0.1, 0.15) is 5.75 Å². The standard InChI is InChI=1S/C12H13ClN2O3/c1-3-6-14-11(16)12(17)15-9-7-8(13)4-5-10(9)18-2/h3-5,7H,1,6H2,2H3,(H,14,16)(H,15,17). The average molecular weight is 269 g/mol. The number of hydrogen-bond donors (Lipinski definition) is 2. The normalized spacial score (nSPS) is 9.44. The molecule has 2 amide bonds. The van der Waals surface area contributed by atoms with Gasteiger partial charge in [-0.2, -0.15) is 0 Å². The number of rotatable bonds is 4. The Morgan fingerprint density at radius 1 is 1.44 bits per heavy atom. The lowest BCUT2D eigenvalue weighted by molar-refractivity contribution is -0.136. The maximum absolute atomic E-state index is 11.5. The highest BCUT2D eigenvalue weighted by atomic mass is 35.5. The SMILES string of the molecule is C=CCNC(=O)C(=O)Nc1cc(Cl)ccc1OC. The predicted octanol–water partition coefficient (Wildman–Crippen LogP) is 1.59. The Balaban J connectivity index is 2.77. The van der Waals surface area contributed by atoms with E-state index in [1.807, 2.05) is 0 Å². The van der Waals surface area contributed by atoms with Crippen LogP contribution >= 0.6 is 11.6 Å². The van der Waals surface area contributed by atoms with Crippen molar-refractivity contribution in [1.82, 2.24) is 5.32 Å². The van der Waals surface area contributed by atoms with Crippen LogP contribution in [0.15, 0.2) is 30.9 Å². The van der Waals surface area contributed by atoms with Crippen LogP contribution in [0.1, 0.15) is 0 Å². The van der Waals surface area contributed by atoms with E-state index in [9.17, 15) is 9.59 Å². The summed E-state index contributed by atoms with van der Waals surface area (Å²) in [6, 6.07) is 4.71. The van der Waals surface area contributed by atoms with Gasteiger partial charge >= 0.3 is 11.8 Å². The zero-order valence-corrected chi connectivity index (χ0v) is 10.6. The summed E-state index contributed by atoms with van der Waals surface area (Å²) in [6.45, 7) is 3.65. The van der Waals surface area contributed by atoms with Gasteiger partial charge < -0.3 is 15.4 Å². The molecule has 0 aliphatic carbocycles. The monoisotopic (exact) mass is 268 g/mol. The minimum absolute atomic E-state index is 0.221. The van der Waals surface area contributed by atoms with Crippen molar-refractivity contribution in [1.29, 1.82) is 0 Å². The van der Waals surface area contributed by atoms with Crippen LogP contribution in [0.25, 0.3) is 0 Å². The molecule has 18 heavy (non-hydrogen) atoms. The van der Waals surface area contributed by atoms with Crippen LogP contribution in [0.4, 0.5) is 5.69 Å². The Morgan fingerprint density at radius 2 is 2.17 bits per heavy atom. The van der Waals surface area contributed by atoms with E-state index >= 15 is 0 Å². The Kier molecular flexibility index (Phi) is 5.20. The molecule has 0 aliphatic heterocycles. The summed E-state index contributed by atoms with van der Waals surface area (Å²) in [7, 11) is 1.46. The number of amides is 2. The summed E-state index contributed by atoms with van der Waals surface area (Å²) in [4.78, 5) is 22.9. The summed E-state index contributed by atoms with van der Waals surface area (Å²) in [5.74, 6) is -1.13. The minimum Gasteiger partial charge on any atom is -0.495 e. The third-order valence-electron chi connectivity index (χ3n) is 2.02. The average Bonchev–Trinajstić information content (AvgIpc) is 2.36. The number of carbonyl (C=O) groups excluding carboxylic acids is 2. The van der Waals surface area contributed by atoms with Gasteiger partial charge in [0.05, 0.1) is 12.8 Å². The lowest BCUT2D eigenvalue weighted by Gasteiger charge is -2.10. The van der Waals surface area contributed by atoms with Crippen molar-refractivity contribution in [2.24, 2.45) is 0 Å². The molecule has 0 unspecified atom stereocenters. The molecule has 5 nitrogen and oxygen atoms in total. The molecule has 1 aromatic rings. The quantitative estimate of drug-likeness (QED) is 0.644. The Morgan fingerprint density at radius 3 is 2.78 bits per heavy atom. The fraction of sp³-hybridized carbons (Fsp3) is 0.167. The summed E-state index contributed by atoms with van der Waals surface area (Å²) in [5, 5.41) is 5.21. The van der Waals surface area contributed by atoms with Gasteiger partial charge in [-0.05, 0) is 18.2 Å². The van der Waals surface area contributed by atoms with Crippen molar-refractivity contribution in [2.75, 3.05) is 19.0 Å². The van der Waals surface area contributed by atoms with Crippen molar-refractivity contribution in [2.45, 2.75) is 0 Å². The van der Waals surface area contributed by atoms with Crippen LogP contribution in [0.2, 0.25) is 5.02 Å². The van der Waals surface area contributed by atoms with Crippen molar-refractivity contribution >= 4 is 29.1 Å². The van der Waals surface area contributed by atoms with Gasteiger partial charge in [0, 0.05) is 11.6 Å². The molecule has 1 aromatic carbocycles. The first-order valence-corrected chi connectivity index (χ1v) is 5.50. The molecule has 0 bridgehead atoms. The van der Waals surface area contributed by atoms with Crippen LogP contribution in [-0.4, -0.2) is 25.5 Å². The Bertz CT molecular complexity index is 474. The first-order valence-electron chi connectivity index (χ1n) is 5.12. The van der Waals surface area contributed by atoms with E-state index in [4.69, 9.17) is 16.3 Å². The van der Waals surface area contributed by atoms with Gasteiger partial charge in [0.25, 0.3) is 0 Å². The molecule has 1 rings (SSSR count). The second-order valence-corrected chi connectivity index (χ2v) is 3.73. The molecular weight excluding hydrogens is 256 g/mol. The third-order valence-corrected chi connectivity index (χ3v) is 2.26. The molecule has 0 aliphatic rings. The molecule has 0 saturated carbocycles. The number of anilines is 1. The van der Waals surface area contributed by atoms with Gasteiger partial charge in [-0.15, -0.1) is 6.58 Å². The van der Waals surface area contributed by atoms with E-state index in [2.05, 4.69) is 17.2 Å². The van der Waals surface area contributed by atoms with Gasteiger partial charge in [0.2, 0.25) is 0 Å². The van der Waals surface area contributed by atoms with Gasteiger partial charge in [-0.25, -0.2) is 0 Å². The number of benzene rings is 1. The molecule has 2 N–H and O–H groups in total. The largest absolute Gasteiger partial charge is 0.495 e. The Labute approximate surface area is 110 Å². The number of hydrogen-bond acceptors (Lipinski definition) is 3. The summed E-state index contributed by atoms with van der Waals surface area (Å²) in [5.41, 5.74) is 0.337. The molecule has 0 saturated heterocycles. The topological polar surface area (TPSA) is 67.4 Å². The van der Waals surface area contributed by atoms with E-state index < -0.39 is 11.8 Å². The van der Waals surface area contributed by atoms with E-state index in [1.165, 1.54) is 19.3 Å². The number of nitrogens with one attached hydrogen (secondary N) is 2. The van der Waals surface area contributed by atoms with Crippen molar-refractivity contribution in [3.05, 3.63) is 35.9 Å². The molecule has 0 aromatic heterocycles. The molecule has 0 fully saturated rings. The van der Waals surface area contributed by atoms with Crippen molar-refractivity contribution in [3.8, 4) is 5.75 Å². The molecule has 0 heterocycles. The van der Waals surface area contributed by atoms with E-state index in [1.54, 1.807) is 12.1 Å². The highest BCUT2D eigenvalue weighted by Gasteiger charge is 2.15. The lowest BCUT2D eigenvalue weighted by atomic mass is 10.3. The van der Waals surface area contributed by atoms with Crippen molar-refractivity contribution in [3.63, 3.8) is 0 Å². The van der Waals surface area contributed by atoms with E-state index in [0.717, 1.165) is 0 Å². The zero-order chi connectivity index (χ0) is 13.5. The first-order chi connectivity index (χ1) is 8.58. The maximum Gasteiger partial charge on any atom is 0.313 e. The van der Waals surface area contributed by atoms with Crippen molar-refractivity contribution < 1.29 is 14.3 Å². The van der Waals surface area contributed by atoms with Crippen LogP contribution < -0.4 is 15.4 Å². The molecule has 0 radical (unpaired) electrons. The highest BCUT2D eigenvalue weighted by molar-refractivity contribution is 6.40. The minimum atomic E-state index is -0.794. The van der Waals surface area contributed by atoms with Gasteiger partial charge in [-0.1, -0.05) is 17.7 Å². The van der Waals surface area contributed by atoms with Crippen LogP contribution in [0.5, 0.6) is 5.75 Å². The molecule has 0 atom stereocenters. The van der Waals surface area contributed by atoms with E-state index in [0.29, 0.717) is 16.5 Å². The molecule has 96 valence electrons.